The van der Waals surface area contributed by atoms with Gasteiger partial charge in [0.2, 0.25) is 0 Å². The van der Waals surface area contributed by atoms with Gasteiger partial charge in [-0.3, -0.25) is 4.79 Å². The molecule has 0 atom stereocenters. The minimum absolute atomic E-state index is 0.156. The largest absolute Gasteiger partial charge is 0.347 e. The topological polar surface area (TPSA) is 28.5 Å². The minimum Gasteiger partial charge on any atom is -0.347 e. The van der Waals surface area contributed by atoms with Crippen LogP contribution in [-0.2, 0) is 7.05 Å². The van der Waals surface area contributed by atoms with Crippen LogP contribution in [0.4, 0.5) is 0 Å². The lowest BCUT2D eigenvalue weighted by atomic mass is 10.3. The molecule has 1 aromatic heterocycles. The summed E-state index contributed by atoms with van der Waals surface area (Å²) in [6.07, 6.45) is 1.91. The monoisotopic (exact) mass is 221 g/mol. The van der Waals surface area contributed by atoms with Crippen molar-refractivity contribution in [2.75, 3.05) is 32.7 Å². The first-order valence-electron chi connectivity index (χ1n) is 5.85. The van der Waals surface area contributed by atoms with Gasteiger partial charge in [-0.15, -0.1) is 0 Å². The smallest absolute Gasteiger partial charge is 0.270 e. The molecule has 1 aliphatic rings. The van der Waals surface area contributed by atoms with Crippen LogP contribution in [0.25, 0.3) is 0 Å². The number of amides is 1. The van der Waals surface area contributed by atoms with Crippen LogP contribution in [0.15, 0.2) is 18.3 Å². The van der Waals surface area contributed by atoms with E-state index in [0.29, 0.717) is 0 Å². The van der Waals surface area contributed by atoms with E-state index in [1.165, 1.54) is 0 Å². The Morgan fingerprint density at radius 1 is 1.31 bits per heavy atom. The predicted octanol–water partition coefficient (Wildman–Crippen LogP) is 0.803. The lowest BCUT2D eigenvalue weighted by Gasteiger charge is -2.34. The highest BCUT2D eigenvalue weighted by atomic mass is 16.2. The molecular weight excluding hydrogens is 202 g/mol. The molecule has 4 nitrogen and oxygen atoms in total. The first-order chi connectivity index (χ1) is 7.72. The van der Waals surface area contributed by atoms with Crippen LogP contribution in [-0.4, -0.2) is 53.0 Å². The van der Waals surface area contributed by atoms with E-state index in [-0.39, 0.29) is 5.91 Å². The highest BCUT2D eigenvalue weighted by molar-refractivity contribution is 5.92. The van der Waals surface area contributed by atoms with E-state index in [1.807, 2.05) is 34.8 Å². The van der Waals surface area contributed by atoms with Gasteiger partial charge in [-0.1, -0.05) is 6.92 Å². The molecule has 0 unspecified atom stereocenters. The molecule has 0 bridgehead atoms. The summed E-state index contributed by atoms with van der Waals surface area (Å²) in [6.45, 7) is 6.91. The third kappa shape index (κ3) is 2.11. The lowest BCUT2D eigenvalue weighted by Crippen LogP contribution is -2.48. The standard InChI is InChI=1S/C12H19N3O/c1-3-14-7-9-15(10-8-14)12(16)11-5-4-6-13(11)2/h4-6H,3,7-10H2,1-2H3. The summed E-state index contributed by atoms with van der Waals surface area (Å²) in [5.41, 5.74) is 0.782. The second kappa shape index (κ2) is 4.70. The van der Waals surface area contributed by atoms with Gasteiger partial charge in [-0.05, 0) is 18.7 Å². The van der Waals surface area contributed by atoms with Crippen molar-refractivity contribution < 1.29 is 4.79 Å². The Kier molecular flexibility index (Phi) is 3.29. The number of nitrogens with zero attached hydrogens (tertiary/aromatic N) is 3. The molecule has 2 heterocycles. The molecule has 16 heavy (non-hydrogen) atoms. The second-order valence-corrected chi connectivity index (χ2v) is 4.23. The SMILES string of the molecule is CCN1CCN(C(=O)c2cccn2C)CC1. The highest BCUT2D eigenvalue weighted by Gasteiger charge is 2.22. The molecule has 1 saturated heterocycles. The van der Waals surface area contributed by atoms with Gasteiger partial charge in [0.15, 0.2) is 0 Å². The Morgan fingerprint density at radius 2 is 2.00 bits per heavy atom. The molecule has 1 fully saturated rings. The summed E-state index contributed by atoms with van der Waals surface area (Å²) >= 11 is 0. The van der Waals surface area contributed by atoms with Gasteiger partial charge in [0.1, 0.15) is 5.69 Å². The maximum atomic E-state index is 12.2. The van der Waals surface area contributed by atoms with Crippen LogP contribution >= 0.6 is 0 Å². The number of piperazine rings is 1. The van der Waals surface area contributed by atoms with Crippen molar-refractivity contribution in [3.8, 4) is 0 Å². The van der Waals surface area contributed by atoms with Crippen molar-refractivity contribution in [2.24, 2.45) is 7.05 Å². The van der Waals surface area contributed by atoms with Gasteiger partial charge >= 0.3 is 0 Å². The molecular formula is C12H19N3O. The predicted molar refractivity (Wildman–Crippen MR) is 63.4 cm³/mol. The average molecular weight is 221 g/mol. The molecule has 1 aromatic rings. The van der Waals surface area contributed by atoms with E-state index in [0.717, 1.165) is 38.4 Å². The maximum absolute atomic E-state index is 12.2. The number of aryl methyl sites for hydroxylation is 1. The first-order valence-corrected chi connectivity index (χ1v) is 5.85. The van der Waals surface area contributed by atoms with Crippen LogP contribution in [0.5, 0.6) is 0 Å². The molecule has 88 valence electrons. The molecule has 0 spiro atoms. The Balaban J connectivity index is 2.00. The van der Waals surface area contributed by atoms with E-state index in [1.54, 1.807) is 0 Å². The maximum Gasteiger partial charge on any atom is 0.270 e. The number of carbonyl (C=O) groups is 1. The fourth-order valence-corrected chi connectivity index (χ4v) is 2.11. The molecule has 0 aliphatic carbocycles. The number of carbonyl (C=O) groups excluding carboxylic acids is 1. The van der Waals surface area contributed by atoms with Crippen molar-refractivity contribution in [2.45, 2.75) is 6.92 Å². The number of hydrogen-bond donors (Lipinski definition) is 0. The van der Waals surface area contributed by atoms with Crippen molar-refractivity contribution >= 4 is 5.91 Å². The zero-order chi connectivity index (χ0) is 11.5. The van der Waals surface area contributed by atoms with Gasteiger partial charge in [0.05, 0.1) is 0 Å². The highest BCUT2D eigenvalue weighted by Crippen LogP contribution is 2.08. The van der Waals surface area contributed by atoms with Crippen LogP contribution in [0.2, 0.25) is 0 Å². The van der Waals surface area contributed by atoms with Gasteiger partial charge < -0.3 is 14.4 Å². The summed E-state index contributed by atoms with van der Waals surface area (Å²) in [5, 5.41) is 0. The first kappa shape index (κ1) is 11.2. The summed E-state index contributed by atoms with van der Waals surface area (Å²) in [6, 6.07) is 3.80. The van der Waals surface area contributed by atoms with Crippen molar-refractivity contribution in [1.29, 1.82) is 0 Å². The van der Waals surface area contributed by atoms with Crippen LogP contribution < -0.4 is 0 Å². The molecule has 0 saturated carbocycles. The summed E-state index contributed by atoms with van der Waals surface area (Å²) in [4.78, 5) is 16.5. The average Bonchev–Trinajstić information content (AvgIpc) is 2.75. The number of aromatic nitrogens is 1. The Morgan fingerprint density at radius 3 is 2.50 bits per heavy atom. The summed E-state index contributed by atoms with van der Waals surface area (Å²) in [7, 11) is 1.91. The molecule has 0 aromatic carbocycles. The normalized spacial score (nSPS) is 17.8. The fourth-order valence-electron chi connectivity index (χ4n) is 2.11. The Labute approximate surface area is 96.4 Å². The molecule has 1 aliphatic heterocycles. The van der Waals surface area contributed by atoms with Crippen LogP contribution in [0.1, 0.15) is 17.4 Å². The van der Waals surface area contributed by atoms with Gasteiger partial charge in [-0.2, -0.15) is 0 Å². The van der Waals surface area contributed by atoms with E-state index >= 15 is 0 Å². The number of hydrogen-bond acceptors (Lipinski definition) is 2. The van der Waals surface area contributed by atoms with E-state index < -0.39 is 0 Å². The quantitative estimate of drug-likeness (QED) is 0.739. The van der Waals surface area contributed by atoms with E-state index in [4.69, 9.17) is 0 Å². The Hall–Kier alpha value is -1.29. The second-order valence-electron chi connectivity index (χ2n) is 4.23. The third-order valence-electron chi connectivity index (χ3n) is 3.27. The molecule has 0 radical (unpaired) electrons. The number of rotatable bonds is 2. The van der Waals surface area contributed by atoms with Gasteiger partial charge in [0, 0.05) is 39.4 Å². The summed E-state index contributed by atoms with van der Waals surface area (Å²) < 4.78 is 1.88. The Bertz CT molecular complexity index is 364. The van der Waals surface area contributed by atoms with Gasteiger partial charge in [0.25, 0.3) is 5.91 Å². The van der Waals surface area contributed by atoms with Crippen LogP contribution in [0, 0.1) is 0 Å². The zero-order valence-electron chi connectivity index (χ0n) is 10.0. The van der Waals surface area contributed by atoms with E-state index in [2.05, 4.69) is 11.8 Å². The van der Waals surface area contributed by atoms with E-state index in [9.17, 15) is 4.79 Å². The van der Waals surface area contributed by atoms with Crippen molar-refractivity contribution in [3.05, 3.63) is 24.0 Å². The molecule has 0 N–H and O–H groups in total. The third-order valence-corrected chi connectivity index (χ3v) is 3.27. The van der Waals surface area contributed by atoms with Crippen molar-refractivity contribution in [3.63, 3.8) is 0 Å². The van der Waals surface area contributed by atoms with Gasteiger partial charge in [-0.25, -0.2) is 0 Å². The number of likely N-dealkylation sites (N-methyl/N-ethyl adjacent to an activating group) is 1. The zero-order valence-corrected chi connectivity index (χ0v) is 10.0. The van der Waals surface area contributed by atoms with Crippen molar-refractivity contribution in [1.82, 2.24) is 14.4 Å². The fraction of sp³-hybridized carbons (Fsp3) is 0.583. The molecule has 1 amide bonds. The lowest BCUT2D eigenvalue weighted by molar-refractivity contribution is 0.0634. The molecule has 2 rings (SSSR count). The minimum atomic E-state index is 0.156. The summed E-state index contributed by atoms with van der Waals surface area (Å²) in [5.74, 6) is 0.156. The van der Waals surface area contributed by atoms with Crippen LogP contribution in [0.3, 0.4) is 0 Å². The molecule has 4 heteroatoms.